The van der Waals surface area contributed by atoms with Gasteiger partial charge in [0.1, 0.15) is 5.82 Å². The average molecular weight is 339 g/mol. The third-order valence-corrected chi connectivity index (χ3v) is 4.56. The van der Waals surface area contributed by atoms with Crippen molar-refractivity contribution in [1.82, 2.24) is 10.3 Å². The van der Waals surface area contributed by atoms with Crippen LogP contribution in [-0.2, 0) is 16.1 Å². The molecule has 0 aliphatic carbocycles. The maximum absolute atomic E-state index is 12.7. The van der Waals surface area contributed by atoms with Crippen molar-refractivity contribution in [2.45, 2.75) is 25.8 Å². The van der Waals surface area contributed by atoms with Gasteiger partial charge in [0.25, 0.3) is 0 Å². The molecule has 2 heterocycles. The zero-order valence-electron chi connectivity index (χ0n) is 14.6. The summed E-state index contributed by atoms with van der Waals surface area (Å²) in [5.74, 6) is 0.883. The van der Waals surface area contributed by atoms with Crippen LogP contribution in [-0.4, -0.2) is 37.2 Å². The molecule has 3 rings (SSSR count). The number of aromatic nitrogens is 1. The summed E-state index contributed by atoms with van der Waals surface area (Å²) in [7, 11) is 0. The summed E-state index contributed by atoms with van der Waals surface area (Å²) < 4.78 is 5.42. The largest absolute Gasteiger partial charge is 0.378 e. The fourth-order valence-corrected chi connectivity index (χ4v) is 3.19. The molecule has 2 aromatic rings. The number of pyridine rings is 1. The van der Waals surface area contributed by atoms with E-state index in [0.717, 1.165) is 36.5 Å². The molecule has 132 valence electrons. The first-order valence-corrected chi connectivity index (χ1v) is 8.89. The van der Waals surface area contributed by atoms with E-state index < -0.39 is 0 Å². The fourth-order valence-electron chi connectivity index (χ4n) is 3.19. The molecule has 1 unspecified atom stereocenters. The lowest BCUT2D eigenvalue weighted by molar-refractivity contribution is -0.122. The van der Waals surface area contributed by atoms with Crippen LogP contribution < -0.4 is 10.2 Å². The first-order chi connectivity index (χ1) is 12.3. The normalized spacial score (nSPS) is 15.6. The number of carbonyl (C=O) groups excluding carboxylic acids is 1. The van der Waals surface area contributed by atoms with Crippen LogP contribution in [0.1, 0.15) is 30.4 Å². The highest BCUT2D eigenvalue weighted by molar-refractivity contribution is 5.83. The van der Waals surface area contributed by atoms with Gasteiger partial charge in [0.2, 0.25) is 5.91 Å². The van der Waals surface area contributed by atoms with Crippen molar-refractivity contribution in [2.75, 3.05) is 31.2 Å². The summed E-state index contributed by atoms with van der Waals surface area (Å²) in [4.78, 5) is 19.4. The molecule has 5 nitrogen and oxygen atoms in total. The number of hydrogen-bond donors (Lipinski definition) is 1. The molecule has 25 heavy (non-hydrogen) atoms. The summed E-state index contributed by atoms with van der Waals surface area (Å²) in [6.45, 7) is 5.63. The number of morpholine rings is 1. The Bertz CT molecular complexity index is 684. The van der Waals surface area contributed by atoms with Crippen LogP contribution in [0.4, 0.5) is 5.82 Å². The minimum Gasteiger partial charge on any atom is -0.378 e. The van der Waals surface area contributed by atoms with E-state index in [1.54, 1.807) is 6.20 Å². The number of anilines is 1. The maximum Gasteiger partial charge on any atom is 0.227 e. The number of benzene rings is 1. The molecule has 1 aliphatic rings. The number of nitrogens with one attached hydrogen (secondary N) is 1. The van der Waals surface area contributed by atoms with E-state index in [2.05, 4.69) is 15.2 Å². The number of ether oxygens (including phenoxy) is 1. The standard InChI is InChI=1S/C20H25N3O2/c1-2-18(16-7-4-3-5-8-16)20(24)22-15-17-9-6-10-21-19(17)23-11-13-25-14-12-23/h3-10,18H,2,11-15H2,1H3,(H,22,24). The molecular weight excluding hydrogens is 314 g/mol. The Kier molecular flexibility index (Phi) is 6.01. The van der Waals surface area contributed by atoms with Gasteiger partial charge in [0, 0.05) is 31.4 Å². The third kappa shape index (κ3) is 4.37. The molecule has 1 saturated heterocycles. The number of hydrogen-bond acceptors (Lipinski definition) is 4. The molecule has 0 spiro atoms. The maximum atomic E-state index is 12.7. The van der Waals surface area contributed by atoms with Crippen LogP contribution >= 0.6 is 0 Å². The summed E-state index contributed by atoms with van der Waals surface area (Å²) in [6.07, 6.45) is 2.58. The van der Waals surface area contributed by atoms with E-state index >= 15 is 0 Å². The SMILES string of the molecule is CCC(C(=O)NCc1cccnc1N1CCOCC1)c1ccccc1. The molecule has 1 amide bonds. The zero-order chi connectivity index (χ0) is 17.5. The van der Waals surface area contributed by atoms with Gasteiger partial charge in [-0.05, 0) is 18.1 Å². The number of carbonyl (C=O) groups is 1. The van der Waals surface area contributed by atoms with E-state index in [1.807, 2.05) is 49.4 Å². The van der Waals surface area contributed by atoms with Crippen molar-refractivity contribution in [3.63, 3.8) is 0 Å². The Balaban J connectivity index is 1.67. The molecule has 1 aromatic carbocycles. The van der Waals surface area contributed by atoms with Crippen molar-refractivity contribution in [1.29, 1.82) is 0 Å². The van der Waals surface area contributed by atoms with Crippen molar-refractivity contribution < 1.29 is 9.53 Å². The molecule has 1 atom stereocenters. The fraction of sp³-hybridized carbons (Fsp3) is 0.400. The first-order valence-electron chi connectivity index (χ1n) is 8.89. The van der Waals surface area contributed by atoms with Gasteiger partial charge in [-0.15, -0.1) is 0 Å². The highest BCUT2D eigenvalue weighted by atomic mass is 16.5. The summed E-state index contributed by atoms with van der Waals surface area (Å²) in [6, 6.07) is 13.9. The highest BCUT2D eigenvalue weighted by Gasteiger charge is 2.20. The molecule has 1 N–H and O–H groups in total. The van der Waals surface area contributed by atoms with Gasteiger partial charge >= 0.3 is 0 Å². The second kappa shape index (κ2) is 8.62. The molecule has 0 bridgehead atoms. The van der Waals surface area contributed by atoms with Gasteiger partial charge in [0.05, 0.1) is 19.1 Å². The predicted octanol–water partition coefficient (Wildman–Crippen LogP) is 2.73. The van der Waals surface area contributed by atoms with E-state index in [0.29, 0.717) is 19.8 Å². The van der Waals surface area contributed by atoms with Crippen LogP contribution in [0.5, 0.6) is 0 Å². The molecule has 1 aliphatic heterocycles. The Morgan fingerprint density at radius 3 is 2.68 bits per heavy atom. The smallest absolute Gasteiger partial charge is 0.227 e. The van der Waals surface area contributed by atoms with Crippen LogP contribution in [0.15, 0.2) is 48.7 Å². The number of amides is 1. The Labute approximate surface area is 149 Å². The molecule has 1 aromatic heterocycles. The lowest BCUT2D eigenvalue weighted by Crippen LogP contribution is -2.38. The third-order valence-electron chi connectivity index (χ3n) is 4.56. The Morgan fingerprint density at radius 1 is 1.20 bits per heavy atom. The highest BCUT2D eigenvalue weighted by Crippen LogP contribution is 2.21. The van der Waals surface area contributed by atoms with E-state index in [9.17, 15) is 4.79 Å². The summed E-state index contributed by atoms with van der Waals surface area (Å²) in [5.41, 5.74) is 2.10. The predicted molar refractivity (Wildman–Crippen MR) is 98.6 cm³/mol. The van der Waals surface area contributed by atoms with Gasteiger partial charge in [-0.2, -0.15) is 0 Å². The van der Waals surface area contributed by atoms with E-state index in [-0.39, 0.29) is 11.8 Å². The van der Waals surface area contributed by atoms with Gasteiger partial charge in [-0.25, -0.2) is 4.98 Å². The van der Waals surface area contributed by atoms with Crippen molar-refractivity contribution in [3.05, 3.63) is 59.8 Å². The Morgan fingerprint density at radius 2 is 1.96 bits per heavy atom. The van der Waals surface area contributed by atoms with E-state index in [4.69, 9.17) is 4.74 Å². The quantitative estimate of drug-likeness (QED) is 0.879. The minimum atomic E-state index is -0.121. The second-order valence-electron chi connectivity index (χ2n) is 6.17. The topological polar surface area (TPSA) is 54.5 Å². The van der Waals surface area contributed by atoms with E-state index in [1.165, 1.54) is 0 Å². The summed E-state index contributed by atoms with van der Waals surface area (Å²) in [5, 5.41) is 3.09. The van der Waals surface area contributed by atoms with Crippen molar-refractivity contribution in [3.8, 4) is 0 Å². The van der Waals surface area contributed by atoms with Gasteiger partial charge in [-0.3, -0.25) is 4.79 Å². The van der Waals surface area contributed by atoms with Crippen molar-refractivity contribution >= 4 is 11.7 Å². The monoisotopic (exact) mass is 339 g/mol. The number of nitrogens with zero attached hydrogens (tertiary/aromatic N) is 2. The molecule has 0 saturated carbocycles. The molecule has 5 heteroatoms. The van der Waals surface area contributed by atoms with Crippen LogP contribution in [0, 0.1) is 0 Å². The molecular formula is C20H25N3O2. The van der Waals surface area contributed by atoms with Crippen LogP contribution in [0.3, 0.4) is 0 Å². The van der Waals surface area contributed by atoms with Crippen molar-refractivity contribution in [2.24, 2.45) is 0 Å². The summed E-state index contributed by atoms with van der Waals surface area (Å²) >= 11 is 0. The minimum absolute atomic E-state index is 0.0606. The van der Waals surface area contributed by atoms with Gasteiger partial charge < -0.3 is 15.0 Å². The number of rotatable bonds is 6. The Hall–Kier alpha value is -2.40. The lowest BCUT2D eigenvalue weighted by atomic mass is 9.95. The van der Waals surface area contributed by atoms with Crippen LogP contribution in [0.25, 0.3) is 0 Å². The second-order valence-corrected chi connectivity index (χ2v) is 6.17. The van der Waals surface area contributed by atoms with Gasteiger partial charge in [-0.1, -0.05) is 43.3 Å². The lowest BCUT2D eigenvalue weighted by Gasteiger charge is -2.29. The van der Waals surface area contributed by atoms with Gasteiger partial charge in [0.15, 0.2) is 0 Å². The first kappa shape index (κ1) is 17.4. The van der Waals surface area contributed by atoms with Crippen LogP contribution in [0.2, 0.25) is 0 Å². The average Bonchev–Trinajstić information content (AvgIpc) is 2.69. The molecule has 0 radical (unpaired) electrons. The molecule has 1 fully saturated rings. The zero-order valence-corrected chi connectivity index (χ0v) is 14.6.